The fraction of sp³-hybridized carbons (Fsp3) is 0.615. The maximum absolute atomic E-state index is 12.0. The quantitative estimate of drug-likeness (QED) is 0.905. The highest BCUT2D eigenvalue weighted by Crippen LogP contribution is 2.21. The molecule has 1 fully saturated rings. The largest absolute Gasteiger partial charge is 0.468 e. The van der Waals surface area contributed by atoms with Crippen LogP contribution < -0.4 is 10.1 Å². The van der Waals surface area contributed by atoms with E-state index in [9.17, 15) is 13.2 Å². The van der Waals surface area contributed by atoms with Crippen LogP contribution in [0.5, 0.6) is 5.88 Å². The lowest BCUT2D eigenvalue weighted by Crippen LogP contribution is -2.26. The van der Waals surface area contributed by atoms with E-state index < -0.39 is 12.8 Å². The number of aromatic nitrogens is 1. The lowest BCUT2D eigenvalue weighted by molar-refractivity contribution is -0.154. The summed E-state index contributed by atoms with van der Waals surface area (Å²) in [4.78, 5) is 3.85. The van der Waals surface area contributed by atoms with Crippen molar-refractivity contribution in [2.24, 2.45) is 5.92 Å². The number of hydrogen-bond acceptors (Lipinski definition) is 4. The van der Waals surface area contributed by atoms with E-state index in [1.807, 2.05) is 6.92 Å². The summed E-state index contributed by atoms with van der Waals surface area (Å²) in [6.45, 7) is 2.23. The molecule has 0 aliphatic carbocycles. The molecule has 1 aliphatic heterocycles. The van der Waals surface area contributed by atoms with E-state index in [1.165, 1.54) is 12.3 Å². The van der Waals surface area contributed by atoms with Crippen LogP contribution in [0.25, 0.3) is 0 Å². The van der Waals surface area contributed by atoms with Crippen molar-refractivity contribution in [3.05, 3.63) is 18.3 Å². The van der Waals surface area contributed by atoms with Crippen molar-refractivity contribution in [3.63, 3.8) is 0 Å². The first-order valence-electron chi connectivity index (χ1n) is 6.44. The summed E-state index contributed by atoms with van der Waals surface area (Å²) >= 11 is 0. The Morgan fingerprint density at radius 1 is 1.50 bits per heavy atom. The first-order chi connectivity index (χ1) is 9.44. The van der Waals surface area contributed by atoms with Crippen LogP contribution in [0.2, 0.25) is 0 Å². The molecule has 1 aromatic rings. The molecule has 1 aliphatic rings. The lowest BCUT2D eigenvalue weighted by Gasteiger charge is -2.20. The van der Waals surface area contributed by atoms with Crippen molar-refractivity contribution in [1.29, 1.82) is 0 Å². The number of anilines is 1. The molecule has 1 saturated heterocycles. The smallest absolute Gasteiger partial charge is 0.422 e. The Labute approximate surface area is 115 Å². The molecule has 2 unspecified atom stereocenters. The second-order valence-electron chi connectivity index (χ2n) is 4.85. The summed E-state index contributed by atoms with van der Waals surface area (Å²) in [5, 5.41) is 3.26. The summed E-state index contributed by atoms with van der Waals surface area (Å²) in [5.41, 5.74) is 0.753. The highest BCUT2D eigenvalue weighted by atomic mass is 19.4. The lowest BCUT2D eigenvalue weighted by atomic mass is 10.0. The first kappa shape index (κ1) is 14.9. The van der Waals surface area contributed by atoms with Crippen molar-refractivity contribution in [3.8, 4) is 5.88 Å². The van der Waals surface area contributed by atoms with Crippen molar-refractivity contribution in [2.75, 3.05) is 25.1 Å². The normalized spacial score (nSPS) is 20.7. The Kier molecular flexibility index (Phi) is 4.69. The standard InChI is InChI=1S/C13H17F3N2O2/c1-9(10-4-5-19-7-10)18-11-2-3-12(17-6-11)20-8-13(14,15)16/h2-3,6,9-10,18H,4-5,7-8H2,1H3. The summed E-state index contributed by atoms with van der Waals surface area (Å²) in [5.74, 6) is 0.404. The monoisotopic (exact) mass is 290 g/mol. The highest BCUT2D eigenvalue weighted by Gasteiger charge is 2.28. The van der Waals surface area contributed by atoms with Crippen molar-refractivity contribution in [1.82, 2.24) is 4.98 Å². The Balaban J connectivity index is 1.84. The van der Waals surface area contributed by atoms with Gasteiger partial charge in [0.25, 0.3) is 0 Å². The van der Waals surface area contributed by atoms with Gasteiger partial charge >= 0.3 is 6.18 Å². The molecule has 2 heterocycles. The number of hydrogen-bond donors (Lipinski definition) is 1. The van der Waals surface area contributed by atoms with Gasteiger partial charge in [0.2, 0.25) is 5.88 Å². The number of ether oxygens (including phenoxy) is 2. The van der Waals surface area contributed by atoms with Gasteiger partial charge < -0.3 is 14.8 Å². The zero-order chi connectivity index (χ0) is 14.6. The van der Waals surface area contributed by atoms with E-state index >= 15 is 0 Å². The van der Waals surface area contributed by atoms with E-state index in [0.717, 1.165) is 25.3 Å². The van der Waals surface area contributed by atoms with E-state index in [0.29, 0.717) is 5.92 Å². The molecule has 0 aromatic carbocycles. The molecule has 1 aromatic heterocycles. The van der Waals surface area contributed by atoms with Crippen LogP contribution in [-0.2, 0) is 4.74 Å². The third kappa shape index (κ3) is 4.56. The number of nitrogens with zero attached hydrogens (tertiary/aromatic N) is 1. The molecule has 112 valence electrons. The first-order valence-corrected chi connectivity index (χ1v) is 6.44. The fourth-order valence-corrected chi connectivity index (χ4v) is 2.03. The Morgan fingerprint density at radius 3 is 2.85 bits per heavy atom. The van der Waals surface area contributed by atoms with Gasteiger partial charge in [-0.15, -0.1) is 0 Å². The summed E-state index contributed by atoms with van der Waals surface area (Å²) in [7, 11) is 0. The minimum atomic E-state index is -4.35. The molecule has 4 nitrogen and oxygen atoms in total. The summed E-state index contributed by atoms with van der Waals surface area (Å²) in [6, 6.07) is 3.30. The van der Waals surface area contributed by atoms with Crippen LogP contribution in [0.1, 0.15) is 13.3 Å². The molecule has 2 atom stereocenters. The molecule has 0 saturated carbocycles. The average molecular weight is 290 g/mol. The van der Waals surface area contributed by atoms with E-state index in [2.05, 4.69) is 15.0 Å². The van der Waals surface area contributed by atoms with Gasteiger partial charge in [0.05, 0.1) is 18.5 Å². The summed E-state index contributed by atoms with van der Waals surface area (Å²) in [6.07, 6.45) is -1.87. The number of pyridine rings is 1. The zero-order valence-corrected chi connectivity index (χ0v) is 11.1. The minimum absolute atomic E-state index is 0.0373. The predicted octanol–water partition coefficient (Wildman–Crippen LogP) is 2.86. The molecule has 0 radical (unpaired) electrons. The van der Waals surface area contributed by atoms with Gasteiger partial charge in [0.1, 0.15) is 0 Å². The molecule has 20 heavy (non-hydrogen) atoms. The highest BCUT2D eigenvalue weighted by molar-refractivity contribution is 5.43. The average Bonchev–Trinajstić information content (AvgIpc) is 2.91. The minimum Gasteiger partial charge on any atom is -0.468 e. The Hall–Kier alpha value is -1.50. The molecular formula is C13H17F3N2O2. The molecule has 2 rings (SSSR count). The predicted molar refractivity (Wildman–Crippen MR) is 67.8 cm³/mol. The van der Waals surface area contributed by atoms with Crippen LogP contribution in [-0.4, -0.2) is 37.0 Å². The summed E-state index contributed by atoms with van der Waals surface area (Å²) < 4.78 is 45.8. The Bertz CT molecular complexity index is 417. The second kappa shape index (κ2) is 6.30. The third-order valence-electron chi connectivity index (χ3n) is 3.19. The molecule has 1 N–H and O–H groups in total. The van der Waals surface area contributed by atoms with Gasteiger partial charge in [-0.05, 0) is 19.4 Å². The zero-order valence-electron chi connectivity index (χ0n) is 11.1. The second-order valence-corrected chi connectivity index (χ2v) is 4.85. The molecular weight excluding hydrogens is 273 g/mol. The fourth-order valence-electron chi connectivity index (χ4n) is 2.03. The van der Waals surface area contributed by atoms with Crippen LogP contribution in [0.4, 0.5) is 18.9 Å². The van der Waals surface area contributed by atoms with Gasteiger partial charge in [-0.1, -0.05) is 0 Å². The van der Waals surface area contributed by atoms with Gasteiger partial charge in [-0.2, -0.15) is 13.2 Å². The SMILES string of the molecule is CC(Nc1ccc(OCC(F)(F)F)nc1)C1CCOC1. The molecule has 7 heteroatoms. The van der Waals surface area contributed by atoms with Crippen molar-refractivity contribution in [2.45, 2.75) is 25.6 Å². The molecule has 0 amide bonds. The van der Waals surface area contributed by atoms with Gasteiger partial charge in [0.15, 0.2) is 6.61 Å². The van der Waals surface area contributed by atoms with Crippen molar-refractivity contribution < 1.29 is 22.6 Å². The molecule has 0 spiro atoms. The number of halogens is 3. The van der Waals surface area contributed by atoms with E-state index in [4.69, 9.17) is 4.74 Å². The van der Waals surface area contributed by atoms with Crippen molar-refractivity contribution >= 4 is 5.69 Å². The Morgan fingerprint density at radius 2 is 2.30 bits per heavy atom. The van der Waals surface area contributed by atoms with E-state index in [1.54, 1.807) is 6.07 Å². The van der Waals surface area contributed by atoms with E-state index in [-0.39, 0.29) is 11.9 Å². The van der Waals surface area contributed by atoms with Crippen LogP contribution >= 0.6 is 0 Å². The van der Waals surface area contributed by atoms with Crippen LogP contribution in [0.3, 0.4) is 0 Å². The van der Waals surface area contributed by atoms with Gasteiger partial charge in [-0.3, -0.25) is 0 Å². The van der Waals surface area contributed by atoms with Crippen LogP contribution in [0.15, 0.2) is 18.3 Å². The number of alkyl halides is 3. The topological polar surface area (TPSA) is 43.4 Å². The van der Waals surface area contributed by atoms with Crippen LogP contribution in [0, 0.1) is 5.92 Å². The molecule has 0 bridgehead atoms. The van der Waals surface area contributed by atoms with Gasteiger partial charge in [0, 0.05) is 24.6 Å². The maximum Gasteiger partial charge on any atom is 0.422 e. The maximum atomic E-state index is 12.0. The number of nitrogens with one attached hydrogen (secondary N) is 1. The van der Waals surface area contributed by atoms with Gasteiger partial charge in [-0.25, -0.2) is 4.98 Å². The number of rotatable bonds is 5. The third-order valence-corrected chi connectivity index (χ3v) is 3.19.